The van der Waals surface area contributed by atoms with E-state index in [4.69, 9.17) is 14.2 Å². The highest BCUT2D eigenvalue weighted by molar-refractivity contribution is 5.90. The maximum Gasteiger partial charge on any atom is 0.322 e. The van der Waals surface area contributed by atoms with Gasteiger partial charge in [0.15, 0.2) is 11.5 Å². The van der Waals surface area contributed by atoms with E-state index in [-0.39, 0.29) is 12.1 Å². The number of anilines is 1. The number of methoxy groups -OCH3 is 2. The summed E-state index contributed by atoms with van der Waals surface area (Å²) in [7, 11) is 3.26. The fourth-order valence-corrected chi connectivity index (χ4v) is 4.56. The van der Waals surface area contributed by atoms with Gasteiger partial charge in [0.05, 0.1) is 20.3 Å². The first-order chi connectivity index (χ1) is 16.4. The van der Waals surface area contributed by atoms with Crippen molar-refractivity contribution in [3.8, 4) is 17.2 Å². The van der Waals surface area contributed by atoms with Gasteiger partial charge < -0.3 is 24.4 Å². The van der Waals surface area contributed by atoms with E-state index in [2.05, 4.69) is 25.2 Å². The number of fused-ring (bicyclic) bond motifs is 1. The lowest BCUT2D eigenvalue weighted by molar-refractivity contribution is 0.144. The standard InChI is InChI=1S/C28H32N2O4/c1-18-7-6-8-22(12-18)29-28(31)30-10-9-21-15-26(32-4)27(33-5)16-24(21)25(30)17-34-23-13-19(2)11-20(3)14-23/h6-8,11-16,25H,9-10,17H2,1-5H3,(H,29,31)/t25-/m1/s1. The molecule has 0 radical (unpaired) electrons. The Kier molecular flexibility index (Phi) is 6.96. The van der Waals surface area contributed by atoms with Crippen LogP contribution in [0.2, 0.25) is 0 Å². The molecule has 0 saturated heterocycles. The zero-order valence-corrected chi connectivity index (χ0v) is 20.5. The van der Waals surface area contributed by atoms with Crippen molar-refractivity contribution in [3.63, 3.8) is 0 Å². The highest BCUT2D eigenvalue weighted by Gasteiger charge is 2.33. The number of nitrogens with zero attached hydrogens (tertiary/aromatic N) is 1. The molecule has 1 aliphatic heterocycles. The third-order valence-corrected chi connectivity index (χ3v) is 6.14. The second-order valence-corrected chi connectivity index (χ2v) is 8.80. The molecule has 0 aromatic heterocycles. The van der Waals surface area contributed by atoms with E-state index in [9.17, 15) is 4.79 Å². The summed E-state index contributed by atoms with van der Waals surface area (Å²) in [5, 5.41) is 3.06. The molecule has 0 aliphatic carbocycles. The smallest absolute Gasteiger partial charge is 0.322 e. The monoisotopic (exact) mass is 460 g/mol. The van der Waals surface area contributed by atoms with Crippen molar-refractivity contribution in [2.45, 2.75) is 33.2 Å². The van der Waals surface area contributed by atoms with Crippen LogP contribution >= 0.6 is 0 Å². The normalized spacial score (nSPS) is 14.9. The molecule has 0 fully saturated rings. The van der Waals surface area contributed by atoms with E-state index in [1.54, 1.807) is 14.2 Å². The summed E-state index contributed by atoms with van der Waals surface area (Å²) >= 11 is 0. The van der Waals surface area contributed by atoms with E-state index in [0.717, 1.165) is 45.7 Å². The predicted molar refractivity (Wildman–Crippen MR) is 134 cm³/mol. The molecule has 0 spiro atoms. The number of nitrogens with one attached hydrogen (secondary N) is 1. The zero-order valence-electron chi connectivity index (χ0n) is 20.5. The molecule has 1 atom stereocenters. The lowest BCUT2D eigenvalue weighted by Crippen LogP contribution is -2.44. The van der Waals surface area contributed by atoms with Crippen molar-refractivity contribution in [1.29, 1.82) is 0 Å². The van der Waals surface area contributed by atoms with Crippen LogP contribution in [0.5, 0.6) is 17.2 Å². The highest BCUT2D eigenvalue weighted by atomic mass is 16.5. The molecular formula is C28H32N2O4. The summed E-state index contributed by atoms with van der Waals surface area (Å²) in [4.78, 5) is 15.2. The molecule has 4 rings (SSSR count). The quantitative estimate of drug-likeness (QED) is 0.502. The molecule has 1 heterocycles. The zero-order chi connectivity index (χ0) is 24.2. The number of aryl methyl sites for hydroxylation is 3. The van der Waals surface area contributed by atoms with Crippen LogP contribution in [-0.4, -0.2) is 38.3 Å². The molecule has 0 bridgehead atoms. The fraction of sp³-hybridized carbons (Fsp3) is 0.321. The number of hydrogen-bond acceptors (Lipinski definition) is 4. The van der Waals surface area contributed by atoms with Gasteiger partial charge >= 0.3 is 6.03 Å². The van der Waals surface area contributed by atoms with Crippen LogP contribution in [0.15, 0.2) is 54.6 Å². The number of ether oxygens (including phenoxy) is 3. The van der Waals surface area contributed by atoms with Crippen LogP contribution in [0.3, 0.4) is 0 Å². The third kappa shape index (κ3) is 5.11. The molecule has 3 aromatic carbocycles. The lowest BCUT2D eigenvalue weighted by Gasteiger charge is -2.37. The Morgan fingerprint density at radius 2 is 1.65 bits per heavy atom. The molecule has 2 amide bonds. The van der Waals surface area contributed by atoms with Crippen LogP contribution in [0, 0.1) is 20.8 Å². The van der Waals surface area contributed by atoms with Crippen molar-refractivity contribution in [2.24, 2.45) is 0 Å². The van der Waals surface area contributed by atoms with Crippen molar-refractivity contribution in [2.75, 3.05) is 32.7 Å². The first-order valence-corrected chi connectivity index (χ1v) is 11.5. The molecule has 0 unspecified atom stereocenters. The van der Waals surface area contributed by atoms with Gasteiger partial charge in [-0.2, -0.15) is 0 Å². The Balaban J connectivity index is 1.66. The number of hydrogen-bond donors (Lipinski definition) is 1. The number of carbonyl (C=O) groups excluding carboxylic acids is 1. The van der Waals surface area contributed by atoms with Crippen molar-refractivity contribution >= 4 is 11.7 Å². The van der Waals surface area contributed by atoms with Crippen LogP contribution in [0.25, 0.3) is 0 Å². The summed E-state index contributed by atoms with van der Waals surface area (Å²) in [5.74, 6) is 2.12. The van der Waals surface area contributed by atoms with Gasteiger partial charge in [0.25, 0.3) is 0 Å². The Hall–Kier alpha value is -3.67. The molecule has 6 heteroatoms. The molecule has 1 N–H and O–H groups in total. The Morgan fingerprint density at radius 1 is 0.941 bits per heavy atom. The number of rotatable bonds is 6. The summed E-state index contributed by atoms with van der Waals surface area (Å²) in [5.41, 5.74) is 6.28. The SMILES string of the molecule is COc1cc2c(cc1OC)[C@@H](COc1cc(C)cc(C)c1)N(C(=O)Nc1cccc(C)c1)CC2. The number of benzene rings is 3. The average Bonchev–Trinajstić information content (AvgIpc) is 2.80. The average molecular weight is 461 g/mol. The number of amides is 2. The third-order valence-electron chi connectivity index (χ3n) is 6.14. The Morgan fingerprint density at radius 3 is 2.32 bits per heavy atom. The van der Waals surface area contributed by atoms with Crippen LogP contribution < -0.4 is 19.5 Å². The van der Waals surface area contributed by atoms with Gasteiger partial charge in [0.2, 0.25) is 0 Å². The van der Waals surface area contributed by atoms with Gasteiger partial charge in [-0.1, -0.05) is 18.2 Å². The summed E-state index contributed by atoms with van der Waals surface area (Å²) in [6, 6.07) is 17.5. The molecule has 1 aliphatic rings. The van der Waals surface area contributed by atoms with Crippen molar-refractivity contribution < 1.29 is 19.0 Å². The summed E-state index contributed by atoms with van der Waals surface area (Å²) < 4.78 is 17.3. The van der Waals surface area contributed by atoms with Crippen molar-refractivity contribution in [1.82, 2.24) is 4.90 Å². The summed E-state index contributed by atoms with van der Waals surface area (Å²) in [6.07, 6.45) is 0.719. The number of carbonyl (C=O) groups is 1. The lowest BCUT2D eigenvalue weighted by atomic mass is 9.92. The van der Waals surface area contributed by atoms with Crippen LogP contribution in [0.4, 0.5) is 10.5 Å². The largest absolute Gasteiger partial charge is 0.493 e. The predicted octanol–water partition coefficient (Wildman–Crippen LogP) is 5.84. The first-order valence-electron chi connectivity index (χ1n) is 11.5. The van der Waals surface area contributed by atoms with E-state index in [0.29, 0.717) is 24.7 Å². The molecule has 178 valence electrons. The molecule has 6 nitrogen and oxygen atoms in total. The summed E-state index contributed by atoms with van der Waals surface area (Å²) in [6.45, 7) is 7.00. The van der Waals surface area contributed by atoms with E-state index in [1.165, 1.54) is 0 Å². The molecule has 3 aromatic rings. The van der Waals surface area contributed by atoms with Gasteiger partial charge in [0, 0.05) is 12.2 Å². The van der Waals surface area contributed by atoms with Gasteiger partial charge in [-0.05, 0) is 91.4 Å². The minimum atomic E-state index is -0.283. The topological polar surface area (TPSA) is 60.0 Å². The second-order valence-electron chi connectivity index (χ2n) is 8.80. The van der Waals surface area contributed by atoms with Gasteiger partial charge in [-0.15, -0.1) is 0 Å². The van der Waals surface area contributed by atoms with E-state index < -0.39 is 0 Å². The number of urea groups is 1. The maximum atomic E-state index is 13.4. The molecule has 34 heavy (non-hydrogen) atoms. The minimum absolute atomic E-state index is 0.153. The molecular weight excluding hydrogens is 428 g/mol. The van der Waals surface area contributed by atoms with Gasteiger partial charge in [-0.25, -0.2) is 4.79 Å². The first kappa shape index (κ1) is 23.5. The minimum Gasteiger partial charge on any atom is -0.493 e. The van der Waals surface area contributed by atoms with Gasteiger partial charge in [0.1, 0.15) is 12.4 Å². The van der Waals surface area contributed by atoms with Crippen molar-refractivity contribution in [3.05, 3.63) is 82.4 Å². The Labute approximate surface area is 201 Å². The maximum absolute atomic E-state index is 13.4. The van der Waals surface area contributed by atoms with E-state index in [1.807, 2.05) is 60.4 Å². The van der Waals surface area contributed by atoms with E-state index >= 15 is 0 Å². The molecule has 0 saturated carbocycles. The van der Waals surface area contributed by atoms with Crippen LogP contribution in [-0.2, 0) is 6.42 Å². The van der Waals surface area contributed by atoms with Gasteiger partial charge in [-0.3, -0.25) is 0 Å². The second kappa shape index (κ2) is 10.1. The van der Waals surface area contributed by atoms with Crippen LogP contribution in [0.1, 0.15) is 33.9 Å². The fourth-order valence-electron chi connectivity index (χ4n) is 4.56. The highest BCUT2D eigenvalue weighted by Crippen LogP contribution is 2.38. The Bertz CT molecular complexity index is 1170.